The first-order valence-electron chi connectivity index (χ1n) is 10.3. The zero-order valence-electron chi connectivity index (χ0n) is 18.0. The molecule has 0 heterocycles. The van der Waals surface area contributed by atoms with Crippen LogP contribution in [0.4, 0.5) is 4.79 Å². The van der Waals surface area contributed by atoms with Gasteiger partial charge >= 0.3 is 12.1 Å². The van der Waals surface area contributed by atoms with Crippen LogP contribution in [-0.2, 0) is 23.9 Å². The Morgan fingerprint density at radius 2 is 1.55 bits per heavy atom. The molecule has 0 aliphatic heterocycles. The van der Waals surface area contributed by atoms with Gasteiger partial charge in [0.2, 0.25) is 11.8 Å². The monoisotopic (exact) mass is 455 g/mol. The number of alkyl carbamates (subject to hydrolysis) is 1. The Labute approximate surface area is 190 Å². The number of ether oxygens (including phenoxy) is 2. The van der Waals surface area contributed by atoms with Crippen molar-refractivity contribution < 1.29 is 33.8 Å². The zero-order valence-corrected chi connectivity index (χ0v) is 18.0. The number of benzene rings is 2. The van der Waals surface area contributed by atoms with Crippen molar-refractivity contribution in [1.82, 2.24) is 16.0 Å². The Balaban J connectivity index is 1.36. The third-order valence-electron chi connectivity index (χ3n) is 5.09. The second-order valence-electron chi connectivity index (χ2n) is 7.40. The molecule has 33 heavy (non-hydrogen) atoms. The molecule has 0 radical (unpaired) electrons. The number of hydrogen-bond donors (Lipinski definition) is 4. The lowest BCUT2D eigenvalue weighted by Crippen LogP contribution is -2.42. The third kappa shape index (κ3) is 6.30. The van der Waals surface area contributed by atoms with Gasteiger partial charge in [0.15, 0.2) is 0 Å². The molecule has 0 bridgehead atoms. The van der Waals surface area contributed by atoms with Crippen LogP contribution >= 0.6 is 0 Å². The predicted molar refractivity (Wildman–Crippen MR) is 117 cm³/mol. The van der Waals surface area contributed by atoms with Gasteiger partial charge in [-0.05, 0) is 29.2 Å². The van der Waals surface area contributed by atoms with Crippen molar-refractivity contribution in [2.24, 2.45) is 0 Å². The maximum absolute atomic E-state index is 12.1. The van der Waals surface area contributed by atoms with Gasteiger partial charge in [0.25, 0.3) is 0 Å². The van der Waals surface area contributed by atoms with Crippen LogP contribution in [0.3, 0.4) is 0 Å². The summed E-state index contributed by atoms with van der Waals surface area (Å²) in [6.45, 7) is 0.422. The fourth-order valence-corrected chi connectivity index (χ4v) is 3.48. The molecule has 0 saturated carbocycles. The summed E-state index contributed by atoms with van der Waals surface area (Å²) < 4.78 is 10.3. The van der Waals surface area contributed by atoms with Gasteiger partial charge in [0, 0.05) is 5.92 Å². The number of nitrogens with one attached hydrogen (secondary N) is 3. The number of aliphatic carboxylic acids is 1. The first kappa shape index (κ1) is 23.7. The lowest BCUT2D eigenvalue weighted by molar-refractivity contribution is -0.142. The molecule has 0 fully saturated rings. The molecule has 10 heteroatoms. The van der Waals surface area contributed by atoms with Gasteiger partial charge in [-0.25, -0.2) is 4.79 Å². The molecule has 0 spiro atoms. The Morgan fingerprint density at radius 1 is 0.939 bits per heavy atom. The minimum absolute atomic E-state index is 0.0830. The van der Waals surface area contributed by atoms with Crippen LogP contribution in [-0.4, -0.2) is 61.5 Å². The summed E-state index contributed by atoms with van der Waals surface area (Å²) in [4.78, 5) is 46.0. The highest BCUT2D eigenvalue weighted by Gasteiger charge is 2.29. The minimum atomic E-state index is -1.17. The maximum atomic E-state index is 12.1. The van der Waals surface area contributed by atoms with E-state index >= 15 is 0 Å². The number of hydrogen-bond acceptors (Lipinski definition) is 6. The number of rotatable bonds is 10. The molecule has 1 unspecified atom stereocenters. The second-order valence-corrected chi connectivity index (χ2v) is 7.40. The summed E-state index contributed by atoms with van der Waals surface area (Å²) in [5.74, 6) is -2.42. The predicted octanol–water partition coefficient (Wildman–Crippen LogP) is 1.20. The number of carbonyl (C=O) groups excluding carboxylic acids is 3. The van der Waals surface area contributed by atoms with Crippen LogP contribution in [0.5, 0.6) is 0 Å². The molecule has 1 aliphatic carbocycles. The van der Waals surface area contributed by atoms with Gasteiger partial charge in [-0.1, -0.05) is 48.5 Å². The molecule has 1 atom stereocenters. The zero-order chi connectivity index (χ0) is 23.8. The van der Waals surface area contributed by atoms with Crippen LogP contribution in [0.15, 0.2) is 48.5 Å². The molecule has 174 valence electrons. The Hall–Kier alpha value is -3.92. The number of fused-ring (bicyclic) bond motifs is 3. The van der Waals surface area contributed by atoms with E-state index in [0.717, 1.165) is 22.3 Å². The van der Waals surface area contributed by atoms with Crippen molar-refractivity contribution in [3.05, 3.63) is 59.7 Å². The fourth-order valence-electron chi connectivity index (χ4n) is 3.48. The molecule has 2 aromatic rings. The van der Waals surface area contributed by atoms with Crippen molar-refractivity contribution in [2.45, 2.75) is 18.9 Å². The quantitative estimate of drug-likeness (QED) is 0.311. The highest BCUT2D eigenvalue weighted by molar-refractivity contribution is 5.84. The van der Waals surface area contributed by atoms with E-state index in [9.17, 15) is 19.2 Å². The summed E-state index contributed by atoms with van der Waals surface area (Å²) in [7, 11) is 0. The van der Waals surface area contributed by atoms with Gasteiger partial charge in [-0.15, -0.1) is 0 Å². The number of carboxylic acids is 1. The summed E-state index contributed by atoms with van der Waals surface area (Å²) in [5.41, 5.74) is 4.41. The molecule has 2 aromatic carbocycles. The SMILES string of the molecule is CC(NC(=O)COCNC(=O)CNC(=O)OCC1c2ccccc2-c2ccccc21)C(=O)O. The normalized spacial score (nSPS) is 12.8. The van der Waals surface area contributed by atoms with E-state index in [1.807, 2.05) is 48.5 Å². The lowest BCUT2D eigenvalue weighted by Gasteiger charge is -2.14. The third-order valence-corrected chi connectivity index (χ3v) is 5.09. The summed E-state index contributed by atoms with van der Waals surface area (Å²) in [5, 5.41) is 15.7. The van der Waals surface area contributed by atoms with E-state index in [1.165, 1.54) is 6.92 Å². The van der Waals surface area contributed by atoms with Gasteiger partial charge < -0.3 is 30.5 Å². The summed E-state index contributed by atoms with van der Waals surface area (Å²) in [6, 6.07) is 14.9. The molecule has 10 nitrogen and oxygen atoms in total. The van der Waals surface area contributed by atoms with Crippen LogP contribution in [0.25, 0.3) is 11.1 Å². The number of amides is 3. The van der Waals surface area contributed by atoms with E-state index < -0.39 is 36.5 Å². The summed E-state index contributed by atoms with van der Waals surface area (Å²) >= 11 is 0. The van der Waals surface area contributed by atoms with Gasteiger partial charge in [-0.3, -0.25) is 14.4 Å². The smallest absolute Gasteiger partial charge is 0.407 e. The lowest BCUT2D eigenvalue weighted by atomic mass is 9.98. The average Bonchev–Trinajstić information content (AvgIpc) is 3.12. The topological polar surface area (TPSA) is 143 Å². The Bertz CT molecular complexity index is 995. The fraction of sp³-hybridized carbons (Fsp3) is 0.304. The molecular formula is C23H25N3O7. The first-order valence-corrected chi connectivity index (χ1v) is 10.3. The van der Waals surface area contributed by atoms with E-state index in [2.05, 4.69) is 16.0 Å². The second kappa shape index (κ2) is 11.1. The first-order chi connectivity index (χ1) is 15.9. The van der Waals surface area contributed by atoms with Crippen LogP contribution in [0.1, 0.15) is 24.0 Å². The van der Waals surface area contributed by atoms with Gasteiger partial charge in [0.1, 0.15) is 32.5 Å². The van der Waals surface area contributed by atoms with Crippen molar-refractivity contribution in [3.8, 4) is 11.1 Å². The number of carbonyl (C=O) groups is 4. The van der Waals surface area contributed by atoms with E-state index in [0.29, 0.717) is 0 Å². The largest absolute Gasteiger partial charge is 0.480 e. The van der Waals surface area contributed by atoms with Crippen LogP contribution in [0, 0.1) is 0 Å². The van der Waals surface area contributed by atoms with Crippen LogP contribution < -0.4 is 16.0 Å². The van der Waals surface area contributed by atoms with Gasteiger partial charge in [-0.2, -0.15) is 0 Å². The highest BCUT2D eigenvalue weighted by Crippen LogP contribution is 2.44. The Morgan fingerprint density at radius 3 is 2.15 bits per heavy atom. The molecule has 3 amide bonds. The maximum Gasteiger partial charge on any atom is 0.407 e. The van der Waals surface area contributed by atoms with Crippen LogP contribution in [0.2, 0.25) is 0 Å². The van der Waals surface area contributed by atoms with E-state index in [1.54, 1.807) is 0 Å². The molecule has 3 rings (SSSR count). The molecule has 1 aliphatic rings. The van der Waals surface area contributed by atoms with E-state index in [-0.39, 0.29) is 25.8 Å². The van der Waals surface area contributed by atoms with Crippen molar-refractivity contribution >= 4 is 23.9 Å². The molecule has 0 aromatic heterocycles. The molecular weight excluding hydrogens is 430 g/mol. The number of carboxylic acid groups (broad SMARTS) is 1. The Kier molecular flexibility index (Phi) is 7.98. The van der Waals surface area contributed by atoms with Crippen molar-refractivity contribution in [1.29, 1.82) is 0 Å². The van der Waals surface area contributed by atoms with Crippen molar-refractivity contribution in [2.75, 3.05) is 26.5 Å². The summed E-state index contributed by atoms with van der Waals surface area (Å²) in [6.07, 6.45) is -0.727. The molecule has 4 N–H and O–H groups in total. The molecule has 0 saturated heterocycles. The van der Waals surface area contributed by atoms with Crippen molar-refractivity contribution in [3.63, 3.8) is 0 Å². The van der Waals surface area contributed by atoms with Gasteiger partial charge in [0.05, 0.1) is 0 Å². The highest BCUT2D eigenvalue weighted by atomic mass is 16.5. The average molecular weight is 455 g/mol. The van der Waals surface area contributed by atoms with E-state index in [4.69, 9.17) is 14.6 Å². The minimum Gasteiger partial charge on any atom is -0.480 e. The standard InChI is InChI=1S/C23H25N3O7/c1-14(22(29)30)26-21(28)12-32-13-25-20(27)10-24-23(31)33-11-19-17-8-4-2-6-15(17)16-7-3-5-9-18(16)19/h2-9,14,19H,10-13H2,1H3,(H,24,31)(H,25,27)(H,26,28)(H,29,30).